The van der Waals surface area contributed by atoms with Crippen molar-refractivity contribution in [2.45, 2.75) is 26.2 Å². The number of rotatable bonds is 11. The smallest absolute Gasteiger partial charge is 0.278 e. The molecule has 1 aliphatic rings. The van der Waals surface area contributed by atoms with Crippen molar-refractivity contribution in [1.29, 1.82) is 0 Å². The van der Waals surface area contributed by atoms with Crippen molar-refractivity contribution >= 4 is 33.8 Å². The van der Waals surface area contributed by atoms with Crippen LogP contribution < -0.4 is 10.1 Å². The van der Waals surface area contributed by atoms with Crippen LogP contribution in [0.15, 0.2) is 72.4 Å². The molecule has 2 amide bonds. The molecule has 4 rings (SSSR count). The lowest BCUT2D eigenvalue weighted by Crippen LogP contribution is -2.34. The number of para-hydroxylation sites is 1. The average Bonchev–Trinajstić information content (AvgIpc) is 3.10. The first-order chi connectivity index (χ1) is 16.7. The summed E-state index contributed by atoms with van der Waals surface area (Å²) in [6, 6.07) is 21.1. The molecular formula is C28H30N2O4. The van der Waals surface area contributed by atoms with E-state index in [1.807, 2.05) is 60.7 Å². The summed E-state index contributed by atoms with van der Waals surface area (Å²) in [6.45, 7) is 3.60. The van der Waals surface area contributed by atoms with E-state index in [4.69, 9.17) is 9.47 Å². The Morgan fingerprint density at radius 2 is 1.59 bits per heavy atom. The predicted molar refractivity (Wildman–Crippen MR) is 135 cm³/mol. The summed E-state index contributed by atoms with van der Waals surface area (Å²) in [5.74, 6) is -0.126. The van der Waals surface area contributed by atoms with Crippen molar-refractivity contribution in [1.82, 2.24) is 4.90 Å². The van der Waals surface area contributed by atoms with Gasteiger partial charge in [-0.05, 0) is 30.4 Å². The van der Waals surface area contributed by atoms with Gasteiger partial charge in [0.05, 0.1) is 12.7 Å². The fourth-order valence-electron chi connectivity index (χ4n) is 4.14. The minimum atomic E-state index is -0.340. The topological polar surface area (TPSA) is 67.9 Å². The Morgan fingerprint density at radius 3 is 2.41 bits per heavy atom. The number of benzene rings is 3. The summed E-state index contributed by atoms with van der Waals surface area (Å²) in [7, 11) is 1.56. The number of amides is 2. The molecule has 176 valence electrons. The Labute approximate surface area is 200 Å². The maximum absolute atomic E-state index is 13.5. The number of methoxy groups -OCH3 is 1. The molecule has 0 aliphatic carbocycles. The number of ether oxygens (including phenoxy) is 2. The zero-order valence-corrected chi connectivity index (χ0v) is 19.7. The van der Waals surface area contributed by atoms with Crippen molar-refractivity contribution in [2.24, 2.45) is 0 Å². The summed E-state index contributed by atoms with van der Waals surface area (Å²) in [4.78, 5) is 28.3. The maximum Gasteiger partial charge on any atom is 0.278 e. The molecule has 34 heavy (non-hydrogen) atoms. The molecule has 0 unspecified atom stereocenters. The van der Waals surface area contributed by atoms with Gasteiger partial charge in [-0.1, -0.05) is 67.9 Å². The molecule has 6 nitrogen and oxygen atoms in total. The van der Waals surface area contributed by atoms with E-state index in [1.165, 1.54) is 4.90 Å². The molecule has 0 aromatic heterocycles. The molecule has 0 saturated heterocycles. The van der Waals surface area contributed by atoms with Crippen LogP contribution in [0.3, 0.4) is 0 Å². The summed E-state index contributed by atoms with van der Waals surface area (Å²) in [5.41, 5.74) is 1.94. The van der Waals surface area contributed by atoms with E-state index in [-0.39, 0.29) is 17.5 Å². The van der Waals surface area contributed by atoms with Crippen LogP contribution in [-0.4, -0.2) is 43.6 Å². The summed E-state index contributed by atoms with van der Waals surface area (Å²) in [6.07, 6.45) is 2.65. The second-order valence-electron chi connectivity index (χ2n) is 8.18. The maximum atomic E-state index is 13.5. The molecule has 0 radical (unpaired) electrons. The molecule has 1 heterocycles. The average molecular weight is 459 g/mol. The van der Waals surface area contributed by atoms with Gasteiger partial charge in [0.2, 0.25) is 0 Å². The highest BCUT2D eigenvalue weighted by molar-refractivity contribution is 6.37. The molecule has 0 spiro atoms. The third-order valence-electron chi connectivity index (χ3n) is 5.91. The normalized spacial score (nSPS) is 13.8. The van der Waals surface area contributed by atoms with Crippen molar-refractivity contribution in [3.05, 3.63) is 78.0 Å². The van der Waals surface area contributed by atoms with E-state index in [9.17, 15) is 9.59 Å². The summed E-state index contributed by atoms with van der Waals surface area (Å²) >= 11 is 0. The number of nitrogens with zero attached hydrogens (tertiary/aromatic N) is 1. The van der Waals surface area contributed by atoms with Crippen LogP contribution >= 0.6 is 0 Å². The standard InChI is InChI=1S/C28H30N2O4/c1-3-4-18-34-19-10-17-30-27(31)25(22-14-7-8-16-24(22)33-2)26(28(30)32)29-23-15-9-12-20-11-5-6-13-21(20)23/h5-9,11-16,29H,3-4,10,17-19H2,1-2H3. The molecule has 0 saturated carbocycles. The minimum Gasteiger partial charge on any atom is -0.496 e. The number of carbonyl (C=O) groups is 2. The molecule has 1 aliphatic heterocycles. The van der Waals surface area contributed by atoms with E-state index in [2.05, 4.69) is 12.2 Å². The molecule has 3 aromatic carbocycles. The van der Waals surface area contributed by atoms with Gasteiger partial charge >= 0.3 is 0 Å². The quantitative estimate of drug-likeness (QED) is 0.314. The molecule has 1 N–H and O–H groups in total. The first-order valence-electron chi connectivity index (χ1n) is 11.7. The van der Waals surface area contributed by atoms with Gasteiger partial charge in [-0.3, -0.25) is 14.5 Å². The number of unbranched alkanes of at least 4 members (excludes halogenated alkanes) is 1. The Morgan fingerprint density at radius 1 is 0.853 bits per heavy atom. The Balaban J connectivity index is 1.67. The molecular weight excluding hydrogens is 428 g/mol. The van der Waals surface area contributed by atoms with E-state index < -0.39 is 0 Å². The fourth-order valence-corrected chi connectivity index (χ4v) is 4.14. The zero-order chi connectivity index (χ0) is 23.9. The first-order valence-corrected chi connectivity index (χ1v) is 11.7. The van der Waals surface area contributed by atoms with Crippen molar-refractivity contribution in [3.63, 3.8) is 0 Å². The third-order valence-corrected chi connectivity index (χ3v) is 5.91. The van der Waals surface area contributed by atoms with Gasteiger partial charge in [0.25, 0.3) is 11.8 Å². The van der Waals surface area contributed by atoms with Crippen LogP contribution in [0.2, 0.25) is 0 Å². The van der Waals surface area contributed by atoms with Crippen LogP contribution in [0.5, 0.6) is 5.75 Å². The monoisotopic (exact) mass is 458 g/mol. The molecule has 0 bridgehead atoms. The number of hydrogen-bond acceptors (Lipinski definition) is 5. The van der Waals surface area contributed by atoms with Gasteiger partial charge in [0.1, 0.15) is 11.4 Å². The molecule has 0 atom stereocenters. The summed E-state index contributed by atoms with van der Waals surface area (Å²) in [5, 5.41) is 5.31. The number of carbonyl (C=O) groups excluding carboxylic acids is 2. The van der Waals surface area contributed by atoms with Gasteiger partial charge in [-0.15, -0.1) is 0 Å². The first kappa shape index (κ1) is 23.5. The Kier molecular flexibility index (Phi) is 7.60. The Bertz CT molecular complexity index is 1210. The SMILES string of the molecule is CCCCOCCCN1C(=O)C(Nc2cccc3ccccc23)=C(c2ccccc2OC)C1=O. The number of imide groups is 1. The molecule has 3 aromatic rings. The number of fused-ring (bicyclic) bond motifs is 1. The lowest BCUT2D eigenvalue weighted by Gasteiger charge is -2.16. The predicted octanol–water partition coefficient (Wildman–Crippen LogP) is 5.25. The number of nitrogens with one attached hydrogen (secondary N) is 1. The molecule has 0 fully saturated rings. The van der Waals surface area contributed by atoms with Gasteiger partial charge in [0, 0.05) is 36.4 Å². The van der Waals surface area contributed by atoms with Crippen LogP contribution in [-0.2, 0) is 14.3 Å². The van der Waals surface area contributed by atoms with Crippen LogP contribution in [0.4, 0.5) is 5.69 Å². The second-order valence-corrected chi connectivity index (χ2v) is 8.18. The van der Waals surface area contributed by atoms with Gasteiger partial charge in [-0.2, -0.15) is 0 Å². The van der Waals surface area contributed by atoms with E-state index in [0.29, 0.717) is 43.1 Å². The largest absolute Gasteiger partial charge is 0.496 e. The van der Waals surface area contributed by atoms with E-state index in [1.54, 1.807) is 13.2 Å². The van der Waals surface area contributed by atoms with Crippen molar-refractivity contribution < 1.29 is 19.1 Å². The summed E-state index contributed by atoms with van der Waals surface area (Å²) < 4.78 is 11.1. The lowest BCUT2D eigenvalue weighted by atomic mass is 10.0. The highest BCUT2D eigenvalue weighted by atomic mass is 16.5. The highest BCUT2D eigenvalue weighted by Gasteiger charge is 2.40. The highest BCUT2D eigenvalue weighted by Crippen LogP contribution is 2.36. The fraction of sp³-hybridized carbons (Fsp3) is 0.286. The van der Waals surface area contributed by atoms with Gasteiger partial charge in [-0.25, -0.2) is 0 Å². The van der Waals surface area contributed by atoms with Gasteiger partial charge < -0.3 is 14.8 Å². The number of hydrogen-bond donors (Lipinski definition) is 1. The van der Waals surface area contributed by atoms with E-state index in [0.717, 1.165) is 29.3 Å². The third kappa shape index (κ3) is 4.82. The van der Waals surface area contributed by atoms with Crippen LogP contribution in [0.25, 0.3) is 16.3 Å². The van der Waals surface area contributed by atoms with Crippen molar-refractivity contribution in [2.75, 3.05) is 32.2 Å². The van der Waals surface area contributed by atoms with Gasteiger partial charge in [0.15, 0.2) is 0 Å². The zero-order valence-electron chi connectivity index (χ0n) is 19.7. The lowest BCUT2D eigenvalue weighted by molar-refractivity contribution is -0.137. The minimum absolute atomic E-state index is 0.262. The van der Waals surface area contributed by atoms with E-state index >= 15 is 0 Å². The van der Waals surface area contributed by atoms with Crippen LogP contribution in [0, 0.1) is 0 Å². The Hall–Kier alpha value is -3.64. The number of anilines is 1. The molecule has 6 heteroatoms. The van der Waals surface area contributed by atoms with Crippen LogP contribution in [0.1, 0.15) is 31.7 Å². The van der Waals surface area contributed by atoms with Crippen molar-refractivity contribution in [3.8, 4) is 5.75 Å². The second kappa shape index (κ2) is 11.0.